The molecule has 2 atom stereocenters. The molecule has 3 aromatic rings. The smallest absolute Gasteiger partial charge is 0.334 e. The molecule has 0 N–H and O–H groups in total. The predicted molar refractivity (Wildman–Crippen MR) is 128 cm³/mol. The van der Waals surface area contributed by atoms with E-state index in [1.54, 1.807) is 0 Å². The Kier molecular flexibility index (Phi) is 7.55. The van der Waals surface area contributed by atoms with Gasteiger partial charge in [-0.15, -0.1) is 0 Å². The molecule has 0 aliphatic heterocycles. The molecular formula is C28H29NO2. The zero-order valence-electron chi connectivity index (χ0n) is 18.4. The first kappa shape index (κ1) is 22.2. The molecule has 0 unspecified atom stereocenters. The van der Waals surface area contributed by atoms with E-state index in [1.807, 2.05) is 124 Å². The monoisotopic (exact) mass is 411 g/mol. The predicted octanol–water partition coefficient (Wildman–Crippen LogP) is 6.20. The molecule has 3 heteroatoms. The van der Waals surface area contributed by atoms with E-state index in [0.29, 0.717) is 6.61 Å². The average molecular weight is 412 g/mol. The van der Waals surface area contributed by atoms with Crippen molar-refractivity contribution in [2.45, 2.75) is 26.3 Å². The Hall–Kier alpha value is -3.46. The third kappa shape index (κ3) is 5.58. The van der Waals surface area contributed by atoms with Crippen LogP contribution in [0, 0.1) is 5.92 Å². The molecule has 0 fully saturated rings. The fraction of sp³-hybridized carbons (Fsp3) is 0.214. The summed E-state index contributed by atoms with van der Waals surface area (Å²) in [4.78, 5) is 18.2. The van der Waals surface area contributed by atoms with Gasteiger partial charge in [-0.1, -0.05) is 110 Å². The molecule has 0 amide bonds. The highest BCUT2D eigenvalue weighted by molar-refractivity contribution is 6.13. The number of carbonyl (C=O) groups excluding carboxylic acids is 1. The highest BCUT2D eigenvalue weighted by Gasteiger charge is 2.39. The molecular weight excluding hydrogens is 382 g/mol. The van der Waals surface area contributed by atoms with Crippen LogP contribution >= 0.6 is 0 Å². The topological polar surface area (TPSA) is 38.7 Å². The van der Waals surface area contributed by atoms with Gasteiger partial charge in [-0.05, 0) is 19.4 Å². The van der Waals surface area contributed by atoms with E-state index in [2.05, 4.69) is 0 Å². The maximum atomic E-state index is 13.2. The van der Waals surface area contributed by atoms with Gasteiger partial charge in [-0.25, -0.2) is 4.79 Å². The molecule has 0 bridgehead atoms. The summed E-state index contributed by atoms with van der Waals surface area (Å²) in [6, 6.07) is 30.0. The first-order valence-electron chi connectivity index (χ1n) is 10.7. The molecule has 0 spiro atoms. The number of rotatable bonds is 8. The molecule has 31 heavy (non-hydrogen) atoms. The van der Waals surface area contributed by atoms with Crippen LogP contribution in [-0.4, -0.2) is 23.8 Å². The fourth-order valence-corrected chi connectivity index (χ4v) is 3.34. The molecule has 3 aromatic carbocycles. The standard InChI is InChI=1S/C28H29NO2/c1-4-31-27(30)28(3,22(2)20-21-23-14-8-5-9-15-23)29-26(24-16-10-6-11-17-24)25-18-12-7-13-19-25/h5-22H,4H2,1-3H3/b21-20+/t22-,28+/m1/s1. The van der Waals surface area contributed by atoms with Gasteiger partial charge in [0.2, 0.25) is 0 Å². The minimum absolute atomic E-state index is 0.186. The maximum Gasteiger partial charge on any atom is 0.334 e. The first-order valence-corrected chi connectivity index (χ1v) is 10.7. The summed E-state index contributed by atoms with van der Waals surface area (Å²) in [6.45, 7) is 6.00. The maximum absolute atomic E-state index is 13.2. The van der Waals surface area contributed by atoms with Gasteiger partial charge >= 0.3 is 5.97 Å². The summed E-state index contributed by atoms with van der Waals surface area (Å²) in [5.74, 6) is -0.515. The van der Waals surface area contributed by atoms with Gasteiger partial charge in [0.1, 0.15) is 0 Å². The number of benzene rings is 3. The fourth-order valence-electron chi connectivity index (χ4n) is 3.34. The van der Waals surface area contributed by atoms with Gasteiger partial charge < -0.3 is 4.74 Å². The summed E-state index contributed by atoms with van der Waals surface area (Å²) in [5, 5.41) is 0. The lowest BCUT2D eigenvalue weighted by atomic mass is 9.86. The largest absolute Gasteiger partial charge is 0.464 e. The highest BCUT2D eigenvalue weighted by atomic mass is 16.5. The Morgan fingerprint density at radius 2 is 1.39 bits per heavy atom. The molecule has 0 aliphatic carbocycles. The Morgan fingerprint density at radius 1 is 0.903 bits per heavy atom. The molecule has 0 saturated heterocycles. The Morgan fingerprint density at radius 3 is 1.87 bits per heavy atom. The van der Waals surface area contributed by atoms with Crippen molar-refractivity contribution in [3.8, 4) is 0 Å². The lowest BCUT2D eigenvalue weighted by molar-refractivity contribution is -0.150. The van der Waals surface area contributed by atoms with Gasteiger partial charge in [0, 0.05) is 17.0 Å². The number of carbonyl (C=O) groups is 1. The van der Waals surface area contributed by atoms with Crippen molar-refractivity contribution in [3.05, 3.63) is 114 Å². The number of hydrogen-bond acceptors (Lipinski definition) is 3. The third-order valence-electron chi connectivity index (χ3n) is 5.39. The summed E-state index contributed by atoms with van der Waals surface area (Å²) >= 11 is 0. The van der Waals surface area contributed by atoms with Gasteiger partial charge in [0.05, 0.1) is 12.3 Å². The Labute approximate surface area is 185 Å². The molecule has 0 saturated carbocycles. The Balaban J connectivity index is 2.09. The normalized spacial score (nSPS) is 13.9. The lowest BCUT2D eigenvalue weighted by Crippen LogP contribution is -2.42. The van der Waals surface area contributed by atoms with Crippen molar-refractivity contribution in [1.82, 2.24) is 0 Å². The van der Waals surface area contributed by atoms with Crippen molar-refractivity contribution in [2.24, 2.45) is 10.9 Å². The van der Waals surface area contributed by atoms with Crippen LogP contribution in [0.2, 0.25) is 0 Å². The van der Waals surface area contributed by atoms with E-state index >= 15 is 0 Å². The van der Waals surface area contributed by atoms with E-state index in [9.17, 15) is 4.79 Å². The number of nitrogens with zero attached hydrogens (tertiary/aromatic N) is 1. The van der Waals surface area contributed by atoms with Crippen LogP contribution in [0.15, 0.2) is 102 Å². The summed E-state index contributed by atoms with van der Waals surface area (Å²) in [6.07, 6.45) is 4.06. The molecule has 0 radical (unpaired) electrons. The average Bonchev–Trinajstić information content (AvgIpc) is 2.82. The van der Waals surface area contributed by atoms with Crippen molar-refractivity contribution >= 4 is 17.8 Å². The molecule has 0 aliphatic rings. The quantitative estimate of drug-likeness (QED) is 0.327. The molecule has 3 nitrogen and oxygen atoms in total. The number of aliphatic imine (C=N–C) groups is 1. The second-order valence-corrected chi connectivity index (χ2v) is 7.62. The first-order chi connectivity index (χ1) is 15.0. The SMILES string of the molecule is CCOC(=O)[C@@](C)(N=C(c1ccccc1)c1ccccc1)[C@H](C)/C=C/c1ccccc1. The van der Waals surface area contributed by atoms with Crippen molar-refractivity contribution < 1.29 is 9.53 Å². The summed E-state index contributed by atoms with van der Waals surface area (Å²) in [5.41, 5.74) is 2.70. The molecule has 0 aromatic heterocycles. The van der Waals surface area contributed by atoms with E-state index in [4.69, 9.17) is 9.73 Å². The molecule has 0 heterocycles. The second-order valence-electron chi connectivity index (χ2n) is 7.62. The van der Waals surface area contributed by atoms with Gasteiger partial charge in [0.25, 0.3) is 0 Å². The molecule has 158 valence electrons. The minimum atomic E-state index is -1.08. The minimum Gasteiger partial charge on any atom is -0.464 e. The van der Waals surface area contributed by atoms with Crippen LogP contribution in [0.25, 0.3) is 6.08 Å². The van der Waals surface area contributed by atoms with Crippen molar-refractivity contribution in [2.75, 3.05) is 6.61 Å². The van der Waals surface area contributed by atoms with E-state index < -0.39 is 5.54 Å². The van der Waals surface area contributed by atoms with Crippen LogP contribution in [0.5, 0.6) is 0 Å². The van der Waals surface area contributed by atoms with Crippen LogP contribution in [-0.2, 0) is 9.53 Å². The van der Waals surface area contributed by atoms with Gasteiger partial charge in [0.15, 0.2) is 5.54 Å². The Bertz CT molecular complexity index is 985. The van der Waals surface area contributed by atoms with E-state index in [-0.39, 0.29) is 11.9 Å². The number of hydrogen-bond donors (Lipinski definition) is 0. The number of esters is 1. The third-order valence-corrected chi connectivity index (χ3v) is 5.39. The number of ether oxygens (including phenoxy) is 1. The van der Waals surface area contributed by atoms with Crippen LogP contribution in [0.1, 0.15) is 37.5 Å². The highest BCUT2D eigenvalue weighted by Crippen LogP contribution is 2.28. The van der Waals surface area contributed by atoms with E-state index in [1.165, 1.54) is 0 Å². The lowest BCUT2D eigenvalue weighted by Gasteiger charge is -2.29. The summed E-state index contributed by atoms with van der Waals surface area (Å²) in [7, 11) is 0. The van der Waals surface area contributed by atoms with Crippen LogP contribution in [0.3, 0.4) is 0 Å². The van der Waals surface area contributed by atoms with E-state index in [0.717, 1.165) is 22.4 Å². The van der Waals surface area contributed by atoms with Gasteiger partial charge in [-0.3, -0.25) is 4.99 Å². The van der Waals surface area contributed by atoms with Crippen LogP contribution in [0.4, 0.5) is 0 Å². The van der Waals surface area contributed by atoms with Crippen molar-refractivity contribution in [3.63, 3.8) is 0 Å². The van der Waals surface area contributed by atoms with Crippen LogP contribution < -0.4 is 0 Å². The summed E-state index contributed by atoms with van der Waals surface area (Å²) < 4.78 is 5.47. The van der Waals surface area contributed by atoms with Gasteiger partial charge in [-0.2, -0.15) is 0 Å². The second kappa shape index (κ2) is 10.5. The zero-order chi connectivity index (χ0) is 22.1. The van der Waals surface area contributed by atoms with Crippen molar-refractivity contribution in [1.29, 1.82) is 0 Å². The molecule has 3 rings (SSSR count). The zero-order valence-corrected chi connectivity index (χ0v) is 18.4.